The van der Waals surface area contributed by atoms with Gasteiger partial charge in [0.15, 0.2) is 0 Å². The third kappa shape index (κ3) is 3.35. The van der Waals surface area contributed by atoms with Gasteiger partial charge in [0.1, 0.15) is 5.75 Å². The zero-order valence-corrected chi connectivity index (χ0v) is 12.0. The highest BCUT2D eigenvalue weighted by Gasteiger charge is 2.13. The van der Waals surface area contributed by atoms with Crippen LogP contribution in [0.5, 0.6) is 5.75 Å². The second-order valence-corrected chi connectivity index (χ2v) is 5.04. The summed E-state index contributed by atoms with van der Waals surface area (Å²) in [5, 5.41) is 21.2. The molecule has 2 aromatic carbocycles. The van der Waals surface area contributed by atoms with Crippen LogP contribution in [0.25, 0.3) is 0 Å². The standard InChI is InChI=1S/C15H13NO4S/c1-21-13-5-3-2-4-10(13)14(18)16-11-7-6-9(15(19)20)8-12(11)17/h2-8,17H,1H3,(H,16,18)(H,19,20). The molecule has 0 radical (unpaired) electrons. The first-order valence-corrected chi connectivity index (χ1v) is 7.26. The first kappa shape index (κ1) is 14.9. The lowest BCUT2D eigenvalue weighted by Crippen LogP contribution is -2.13. The number of carbonyl (C=O) groups is 2. The van der Waals surface area contributed by atoms with Crippen molar-refractivity contribution < 1.29 is 19.8 Å². The molecule has 5 nitrogen and oxygen atoms in total. The van der Waals surface area contributed by atoms with Crippen molar-refractivity contribution in [1.29, 1.82) is 0 Å². The molecule has 0 atom stereocenters. The molecule has 1 amide bonds. The molecule has 0 bridgehead atoms. The summed E-state index contributed by atoms with van der Waals surface area (Å²) >= 11 is 1.44. The minimum Gasteiger partial charge on any atom is -0.506 e. The summed E-state index contributed by atoms with van der Waals surface area (Å²) in [7, 11) is 0. The van der Waals surface area contributed by atoms with Crippen LogP contribution in [0.2, 0.25) is 0 Å². The lowest BCUT2D eigenvalue weighted by Gasteiger charge is -2.10. The third-order valence-electron chi connectivity index (χ3n) is 2.84. The molecule has 0 aromatic heterocycles. The topological polar surface area (TPSA) is 86.6 Å². The minimum absolute atomic E-state index is 0.0463. The van der Waals surface area contributed by atoms with Crippen LogP contribution in [0.1, 0.15) is 20.7 Å². The molecule has 3 N–H and O–H groups in total. The van der Waals surface area contributed by atoms with Crippen LogP contribution >= 0.6 is 11.8 Å². The first-order chi connectivity index (χ1) is 10.0. The van der Waals surface area contributed by atoms with E-state index < -0.39 is 5.97 Å². The van der Waals surface area contributed by atoms with Crippen molar-refractivity contribution in [1.82, 2.24) is 0 Å². The molecule has 0 aliphatic carbocycles. The van der Waals surface area contributed by atoms with E-state index in [1.807, 2.05) is 18.4 Å². The van der Waals surface area contributed by atoms with Crippen molar-refractivity contribution in [3.05, 3.63) is 53.6 Å². The van der Waals surface area contributed by atoms with E-state index in [0.29, 0.717) is 5.56 Å². The molecule has 2 aromatic rings. The summed E-state index contributed by atoms with van der Waals surface area (Å²) in [5.74, 6) is -1.79. The second-order valence-electron chi connectivity index (χ2n) is 4.19. The van der Waals surface area contributed by atoms with Crippen LogP contribution in [0.3, 0.4) is 0 Å². The van der Waals surface area contributed by atoms with Crippen molar-refractivity contribution in [2.24, 2.45) is 0 Å². The van der Waals surface area contributed by atoms with Crippen molar-refractivity contribution in [3.63, 3.8) is 0 Å². The smallest absolute Gasteiger partial charge is 0.335 e. The number of hydrogen-bond donors (Lipinski definition) is 3. The molecule has 108 valence electrons. The molecular formula is C15H13NO4S. The number of thioether (sulfide) groups is 1. The summed E-state index contributed by atoms with van der Waals surface area (Å²) in [6, 6.07) is 10.9. The van der Waals surface area contributed by atoms with E-state index in [0.717, 1.165) is 11.0 Å². The van der Waals surface area contributed by atoms with E-state index in [4.69, 9.17) is 5.11 Å². The highest BCUT2D eigenvalue weighted by atomic mass is 32.2. The zero-order valence-electron chi connectivity index (χ0n) is 11.2. The Hall–Kier alpha value is -2.47. The van der Waals surface area contributed by atoms with Crippen molar-refractivity contribution in [2.45, 2.75) is 4.90 Å². The molecule has 0 spiro atoms. The zero-order chi connectivity index (χ0) is 15.4. The van der Waals surface area contributed by atoms with Gasteiger partial charge in [-0.1, -0.05) is 12.1 Å². The van der Waals surface area contributed by atoms with Crippen molar-refractivity contribution >= 4 is 29.3 Å². The van der Waals surface area contributed by atoms with Gasteiger partial charge < -0.3 is 15.5 Å². The number of aromatic hydroxyl groups is 1. The van der Waals surface area contributed by atoms with Gasteiger partial charge in [0.25, 0.3) is 5.91 Å². The Labute approximate surface area is 125 Å². The summed E-state index contributed by atoms with van der Waals surface area (Å²) in [6.45, 7) is 0. The highest BCUT2D eigenvalue weighted by Crippen LogP contribution is 2.26. The normalized spacial score (nSPS) is 10.1. The van der Waals surface area contributed by atoms with E-state index in [2.05, 4.69) is 5.32 Å². The average molecular weight is 303 g/mol. The number of aromatic carboxylic acids is 1. The molecule has 0 saturated carbocycles. The van der Waals surface area contributed by atoms with Crippen molar-refractivity contribution in [3.8, 4) is 5.75 Å². The molecule has 0 unspecified atom stereocenters. The van der Waals surface area contributed by atoms with Gasteiger partial charge in [0.2, 0.25) is 0 Å². The largest absolute Gasteiger partial charge is 0.506 e. The maximum absolute atomic E-state index is 12.2. The molecule has 21 heavy (non-hydrogen) atoms. The molecule has 0 aliphatic rings. The molecule has 0 heterocycles. The van der Waals surface area contributed by atoms with Crippen LogP contribution in [0, 0.1) is 0 Å². The maximum atomic E-state index is 12.2. The number of carboxylic acids is 1. The van der Waals surface area contributed by atoms with E-state index in [1.165, 1.54) is 23.9 Å². The lowest BCUT2D eigenvalue weighted by molar-refractivity contribution is 0.0696. The van der Waals surface area contributed by atoms with E-state index in [-0.39, 0.29) is 22.9 Å². The number of phenolic OH excluding ortho intramolecular Hbond substituents is 1. The number of hydrogen-bond acceptors (Lipinski definition) is 4. The molecule has 6 heteroatoms. The van der Waals surface area contributed by atoms with Crippen LogP contribution in [-0.2, 0) is 0 Å². The first-order valence-electron chi connectivity index (χ1n) is 6.03. The number of benzene rings is 2. The van der Waals surface area contributed by atoms with E-state index in [1.54, 1.807) is 12.1 Å². The fourth-order valence-electron chi connectivity index (χ4n) is 1.79. The number of nitrogens with one attached hydrogen (secondary N) is 1. The van der Waals surface area contributed by atoms with Gasteiger partial charge in [-0.15, -0.1) is 11.8 Å². The quantitative estimate of drug-likeness (QED) is 0.597. The molecule has 0 fully saturated rings. The summed E-state index contributed by atoms with van der Waals surface area (Å²) in [4.78, 5) is 23.8. The number of rotatable bonds is 4. The van der Waals surface area contributed by atoms with E-state index in [9.17, 15) is 14.7 Å². The summed E-state index contributed by atoms with van der Waals surface area (Å²) in [5.41, 5.74) is 0.614. The van der Waals surface area contributed by atoms with Crippen LogP contribution in [-0.4, -0.2) is 28.3 Å². The van der Waals surface area contributed by atoms with Gasteiger partial charge in [0, 0.05) is 4.90 Å². The van der Waals surface area contributed by atoms with Gasteiger partial charge >= 0.3 is 5.97 Å². The summed E-state index contributed by atoms with van der Waals surface area (Å²) in [6.07, 6.45) is 1.87. The van der Waals surface area contributed by atoms with Crippen LogP contribution in [0.15, 0.2) is 47.4 Å². The van der Waals surface area contributed by atoms with Crippen LogP contribution < -0.4 is 5.32 Å². The summed E-state index contributed by atoms with van der Waals surface area (Å²) < 4.78 is 0. The molecular weight excluding hydrogens is 290 g/mol. The van der Waals surface area contributed by atoms with Gasteiger partial charge in [-0.3, -0.25) is 4.79 Å². The Morgan fingerprint density at radius 2 is 1.86 bits per heavy atom. The Balaban J connectivity index is 2.26. The predicted octanol–water partition coefficient (Wildman–Crippen LogP) is 3.06. The lowest BCUT2D eigenvalue weighted by atomic mass is 10.1. The molecule has 0 aliphatic heterocycles. The van der Waals surface area contributed by atoms with Crippen molar-refractivity contribution in [2.75, 3.05) is 11.6 Å². The minimum atomic E-state index is -1.14. The Kier molecular flexibility index (Phi) is 4.49. The Morgan fingerprint density at radius 1 is 1.14 bits per heavy atom. The Morgan fingerprint density at radius 3 is 2.48 bits per heavy atom. The predicted molar refractivity (Wildman–Crippen MR) is 81.2 cm³/mol. The fourth-order valence-corrected chi connectivity index (χ4v) is 2.39. The van der Waals surface area contributed by atoms with Gasteiger partial charge in [-0.25, -0.2) is 4.79 Å². The molecule has 2 rings (SSSR count). The van der Waals surface area contributed by atoms with Gasteiger partial charge in [-0.05, 0) is 36.6 Å². The van der Waals surface area contributed by atoms with Gasteiger partial charge in [-0.2, -0.15) is 0 Å². The maximum Gasteiger partial charge on any atom is 0.335 e. The third-order valence-corrected chi connectivity index (χ3v) is 3.64. The second kappa shape index (κ2) is 6.32. The Bertz CT molecular complexity index is 700. The highest BCUT2D eigenvalue weighted by molar-refractivity contribution is 7.98. The van der Waals surface area contributed by atoms with E-state index >= 15 is 0 Å². The van der Waals surface area contributed by atoms with Gasteiger partial charge in [0.05, 0.1) is 16.8 Å². The number of phenols is 1. The monoisotopic (exact) mass is 303 g/mol. The fraction of sp³-hybridized carbons (Fsp3) is 0.0667. The number of anilines is 1. The number of carboxylic acid groups (broad SMARTS) is 1. The average Bonchev–Trinajstić information content (AvgIpc) is 2.48. The number of carbonyl (C=O) groups excluding carboxylic acids is 1. The SMILES string of the molecule is CSc1ccccc1C(=O)Nc1ccc(C(=O)O)cc1O. The number of amides is 1. The molecule has 0 saturated heterocycles. The van der Waals surface area contributed by atoms with Crippen LogP contribution in [0.4, 0.5) is 5.69 Å².